The molecule has 2 N–H and O–H groups in total. The molecule has 0 heterocycles. The van der Waals surface area contributed by atoms with Crippen LogP contribution >= 0.6 is 23.5 Å². The number of hydrogen-bond acceptors (Lipinski definition) is 2. The van der Waals surface area contributed by atoms with Crippen LogP contribution in [-0.2, 0) is 9.30 Å². The van der Waals surface area contributed by atoms with Gasteiger partial charge in [-0.1, -0.05) is 29.8 Å². The maximum absolute atomic E-state index is 10.5. The Kier molecular flexibility index (Phi) is 5.61. The van der Waals surface area contributed by atoms with E-state index in [1.54, 1.807) is 0 Å². The second-order valence-corrected chi connectivity index (χ2v) is 5.70. The number of halogens is 1. The molecule has 0 saturated carbocycles. The van der Waals surface area contributed by atoms with Gasteiger partial charge < -0.3 is 14.5 Å². The SMILES string of the molecule is CC(C)COC(Br)CP(=O)(O)O. The van der Waals surface area contributed by atoms with Gasteiger partial charge in [0.25, 0.3) is 0 Å². The van der Waals surface area contributed by atoms with E-state index in [1.165, 1.54) is 0 Å². The normalized spacial score (nSPS) is 15.2. The zero-order valence-corrected chi connectivity index (χ0v) is 9.59. The lowest BCUT2D eigenvalue weighted by Gasteiger charge is -2.13. The van der Waals surface area contributed by atoms with Gasteiger partial charge in [-0.25, -0.2) is 0 Å². The fraction of sp³-hybridized carbons (Fsp3) is 1.00. The molecule has 0 aromatic rings. The van der Waals surface area contributed by atoms with Crippen molar-refractivity contribution in [2.45, 2.75) is 18.9 Å². The van der Waals surface area contributed by atoms with Crippen molar-refractivity contribution in [2.75, 3.05) is 12.8 Å². The highest BCUT2D eigenvalue weighted by Crippen LogP contribution is 2.37. The molecular weight excluding hydrogens is 247 g/mol. The molecule has 1 unspecified atom stereocenters. The standard InChI is InChI=1S/C6H14BrO4P/c1-5(2)3-11-6(7)4-12(8,9)10/h5-6H,3-4H2,1-2H3,(H2,8,9,10). The minimum atomic E-state index is -3.95. The predicted octanol–water partition coefficient (Wildman–Crippen LogP) is 1.56. The third-order valence-electron chi connectivity index (χ3n) is 0.992. The van der Waals surface area contributed by atoms with Crippen LogP contribution in [0.1, 0.15) is 13.8 Å². The van der Waals surface area contributed by atoms with Gasteiger partial charge in [0.1, 0.15) is 5.01 Å². The Labute approximate surface area is 80.6 Å². The Balaban J connectivity index is 3.60. The zero-order chi connectivity index (χ0) is 9.78. The summed E-state index contributed by atoms with van der Waals surface area (Å²) in [6.45, 7) is 4.43. The molecule has 0 aromatic heterocycles. The van der Waals surface area contributed by atoms with E-state index in [2.05, 4.69) is 15.9 Å². The molecule has 0 aromatic carbocycles. The van der Waals surface area contributed by atoms with Crippen molar-refractivity contribution in [1.29, 1.82) is 0 Å². The van der Waals surface area contributed by atoms with E-state index in [-0.39, 0.29) is 6.16 Å². The Morgan fingerprint density at radius 1 is 1.50 bits per heavy atom. The van der Waals surface area contributed by atoms with Crippen molar-refractivity contribution >= 4 is 23.5 Å². The summed E-state index contributed by atoms with van der Waals surface area (Å²) in [5, 5.41) is -0.555. The molecule has 0 bridgehead atoms. The molecule has 74 valence electrons. The molecular formula is C6H14BrO4P. The van der Waals surface area contributed by atoms with Crippen molar-refractivity contribution in [2.24, 2.45) is 5.92 Å². The first-order chi connectivity index (χ1) is 5.31. The zero-order valence-electron chi connectivity index (χ0n) is 7.11. The quantitative estimate of drug-likeness (QED) is 0.582. The number of alkyl halides is 1. The molecule has 0 fully saturated rings. The van der Waals surface area contributed by atoms with Gasteiger partial charge in [-0.2, -0.15) is 0 Å². The molecule has 0 aliphatic heterocycles. The minimum Gasteiger partial charge on any atom is -0.366 e. The van der Waals surface area contributed by atoms with Crippen molar-refractivity contribution in [3.63, 3.8) is 0 Å². The third-order valence-corrected chi connectivity index (χ3v) is 2.89. The first kappa shape index (κ1) is 12.6. The van der Waals surface area contributed by atoms with Crippen LogP contribution in [0.2, 0.25) is 0 Å². The van der Waals surface area contributed by atoms with Crippen LogP contribution in [0.4, 0.5) is 0 Å². The topological polar surface area (TPSA) is 66.8 Å². The summed E-state index contributed by atoms with van der Waals surface area (Å²) in [4.78, 5) is 17.1. The average molecular weight is 261 g/mol. The van der Waals surface area contributed by atoms with Crippen molar-refractivity contribution in [3.8, 4) is 0 Å². The number of ether oxygens (including phenoxy) is 1. The molecule has 0 rings (SSSR count). The van der Waals surface area contributed by atoms with E-state index in [4.69, 9.17) is 14.5 Å². The minimum absolute atomic E-state index is 0.278. The Morgan fingerprint density at radius 2 is 2.00 bits per heavy atom. The van der Waals surface area contributed by atoms with Crippen LogP contribution in [0, 0.1) is 5.92 Å². The van der Waals surface area contributed by atoms with E-state index < -0.39 is 12.6 Å². The highest BCUT2D eigenvalue weighted by atomic mass is 79.9. The van der Waals surface area contributed by atoms with E-state index in [0.717, 1.165) is 0 Å². The molecule has 12 heavy (non-hydrogen) atoms. The first-order valence-electron chi connectivity index (χ1n) is 3.61. The van der Waals surface area contributed by atoms with Gasteiger partial charge in [0.2, 0.25) is 0 Å². The molecule has 1 atom stereocenters. The van der Waals surface area contributed by atoms with Crippen LogP contribution in [-0.4, -0.2) is 27.6 Å². The predicted molar refractivity (Wildman–Crippen MR) is 50.4 cm³/mol. The lowest BCUT2D eigenvalue weighted by molar-refractivity contribution is 0.103. The summed E-state index contributed by atoms with van der Waals surface area (Å²) in [5.74, 6) is 0.363. The van der Waals surface area contributed by atoms with Gasteiger partial charge in [0, 0.05) is 0 Å². The summed E-state index contributed by atoms with van der Waals surface area (Å²) in [6, 6.07) is 0. The smallest absolute Gasteiger partial charge is 0.329 e. The largest absolute Gasteiger partial charge is 0.366 e. The van der Waals surface area contributed by atoms with Crippen LogP contribution in [0.25, 0.3) is 0 Å². The lowest BCUT2D eigenvalue weighted by Crippen LogP contribution is -2.13. The second kappa shape index (κ2) is 5.35. The first-order valence-corrected chi connectivity index (χ1v) is 6.33. The van der Waals surface area contributed by atoms with Crippen molar-refractivity contribution in [1.82, 2.24) is 0 Å². The maximum Gasteiger partial charge on any atom is 0.329 e. The number of rotatable bonds is 5. The Morgan fingerprint density at radius 3 is 2.33 bits per heavy atom. The summed E-state index contributed by atoms with van der Waals surface area (Å²) >= 11 is 3.03. The van der Waals surface area contributed by atoms with Crippen LogP contribution in [0.15, 0.2) is 0 Å². The lowest BCUT2D eigenvalue weighted by atomic mass is 10.2. The highest BCUT2D eigenvalue weighted by Gasteiger charge is 2.19. The second-order valence-electron chi connectivity index (χ2n) is 2.98. The fourth-order valence-electron chi connectivity index (χ4n) is 0.537. The molecule has 0 spiro atoms. The monoisotopic (exact) mass is 260 g/mol. The highest BCUT2D eigenvalue weighted by molar-refractivity contribution is 9.09. The van der Waals surface area contributed by atoms with E-state index in [9.17, 15) is 4.57 Å². The van der Waals surface area contributed by atoms with E-state index in [1.807, 2.05) is 13.8 Å². The van der Waals surface area contributed by atoms with Gasteiger partial charge in [0.15, 0.2) is 0 Å². The van der Waals surface area contributed by atoms with Crippen molar-refractivity contribution in [3.05, 3.63) is 0 Å². The molecule has 0 saturated heterocycles. The summed E-state index contributed by atoms with van der Waals surface area (Å²) in [7, 11) is -3.95. The van der Waals surface area contributed by atoms with Gasteiger partial charge >= 0.3 is 7.60 Å². The number of hydrogen-bond donors (Lipinski definition) is 2. The molecule has 0 aliphatic carbocycles. The Bertz CT molecular complexity index is 167. The molecule has 0 radical (unpaired) electrons. The van der Waals surface area contributed by atoms with Crippen LogP contribution in [0.5, 0.6) is 0 Å². The van der Waals surface area contributed by atoms with Crippen LogP contribution < -0.4 is 0 Å². The van der Waals surface area contributed by atoms with Gasteiger partial charge in [0.05, 0.1) is 12.8 Å². The summed E-state index contributed by atoms with van der Waals surface area (Å²) < 4.78 is 15.6. The molecule has 0 amide bonds. The fourth-order valence-corrected chi connectivity index (χ4v) is 2.30. The van der Waals surface area contributed by atoms with Gasteiger partial charge in [-0.15, -0.1) is 0 Å². The van der Waals surface area contributed by atoms with Gasteiger partial charge in [-0.05, 0) is 5.92 Å². The van der Waals surface area contributed by atoms with Crippen molar-refractivity contribution < 1.29 is 19.1 Å². The van der Waals surface area contributed by atoms with E-state index >= 15 is 0 Å². The van der Waals surface area contributed by atoms with Gasteiger partial charge in [-0.3, -0.25) is 4.57 Å². The summed E-state index contributed by atoms with van der Waals surface area (Å²) in [6.07, 6.45) is -0.278. The maximum atomic E-state index is 10.5. The van der Waals surface area contributed by atoms with E-state index in [0.29, 0.717) is 12.5 Å². The third kappa shape index (κ3) is 8.68. The summed E-state index contributed by atoms with van der Waals surface area (Å²) in [5.41, 5.74) is 0. The molecule has 6 heteroatoms. The molecule has 0 aliphatic rings. The Hall–Kier alpha value is 0.590. The van der Waals surface area contributed by atoms with Crippen LogP contribution in [0.3, 0.4) is 0 Å². The average Bonchev–Trinajstić information content (AvgIpc) is 1.79. The molecule has 4 nitrogen and oxygen atoms in total.